The molecule has 2 rings (SSSR count). The Balaban J connectivity index is 1.54. The van der Waals surface area contributed by atoms with Gasteiger partial charge >= 0.3 is 0 Å². The number of carbonyl (C=O) groups excluding carboxylic acids is 1. The number of amides is 1. The first-order valence-electron chi connectivity index (χ1n) is 7.93. The summed E-state index contributed by atoms with van der Waals surface area (Å²) in [6.45, 7) is 3.89. The standard InChI is InChI=1S/C15H28N2O3/c1-11-2-5-14(6-3-11)20-10-13(18)9-16-12-4-7-15(19)17-8-12/h11-14,16,18H,2-10H2,1H3,(H,17,19). The smallest absolute Gasteiger partial charge is 0.220 e. The molecular weight excluding hydrogens is 256 g/mol. The van der Waals surface area contributed by atoms with Crippen molar-refractivity contribution in [2.45, 2.75) is 63.7 Å². The van der Waals surface area contributed by atoms with E-state index in [1.807, 2.05) is 0 Å². The summed E-state index contributed by atoms with van der Waals surface area (Å²) in [5, 5.41) is 16.1. The number of nitrogens with one attached hydrogen (secondary N) is 2. The van der Waals surface area contributed by atoms with E-state index < -0.39 is 6.10 Å². The summed E-state index contributed by atoms with van der Waals surface area (Å²) in [7, 11) is 0. The number of rotatable bonds is 6. The number of ether oxygens (including phenoxy) is 1. The highest BCUT2D eigenvalue weighted by atomic mass is 16.5. The highest BCUT2D eigenvalue weighted by molar-refractivity contribution is 5.76. The largest absolute Gasteiger partial charge is 0.389 e. The first-order valence-corrected chi connectivity index (χ1v) is 7.93. The quantitative estimate of drug-likeness (QED) is 0.675. The molecule has 0 radical (unpaired) electrons. The molecule has 0 bridgehead atoms. The van der Waals surface area contributed by atoms with E-state index in [2.05, 4.69) is 17.6 Å². The zero-order valence-corrected chi connectivity index (χ0v) is 12.4. The lowest BCUT2D eigenvalue weighted by atomic mass is 9.89. The number of aliphatic hydroxyl groups excluding tert-OH is 1. The third-order valence-corrected chi connectivity index (χ3v) is 4.39. The van der Waals surface area contributed by atoms with E-state index in [0.717, 1.165) is 25.2 Å². The summed E-state index contributed by atoms with van der Waals surface area (Å²) in [6.07, 6.45) is 6.00. The molecule has 0 spiro atoms. The second-order valence-corrected chi connectivity index (χ2v) is 6.32. The molecule has 1 heterocycles. The molecule has 2 unspecified atom stereocenters. The van der Waals surface area contributed by atoms with Gasteiger partial charge in [-0.2, -0.15) is 0 Å². The van der Waals surface area contributed by atoms with Gasteiger partial charge in [-0.15, -0.1) is 0 Å². The number of carbonyl (C=O) groups is 1. The Kier molecular flexibility index (Phi) is 6.26. The number of piperidine rings is 1. The van der Waals surface area contributed by atoms with Gasteiger partial charge in [0.1, 0.15) is 0 Å². The van der Waals surface area contributed by atoms with Crippen LogP contribution in [0.25, 0.3) is 0 Å². The van der Waals surface area contributed by atoms with Crippen molar-refractivity contribution in [1.82, 2.24) is 10.6 Å². The molecule has 1 saturated carbocycles. The average Bonchev–Trinajstić information content (AvgIpc) is 2.46. The van der Waals surface area contributed by atoms with Gasteiger partial charge < -0.3 is 20.5 Å². The average molecular weight is 284 g/mol. The van der Waals surface area contributed by atoms with Gasteiger partial charge in [-0.3, -0.25) is 4.79 Å². The molecule has 1 saturated heterocycles. The maximum Gasteiger partial charge on any atom is 0.220 e. The number of hydrogen-bond acceptors (Lipinski definition) is 4. The Bertz CT molecular complexity index is 293. The Morgan fingerprint density at radius 1 is 1.35 bits per heavy atom. The Hall–Kier alpha value is -0.650. The zero-order valence-electron chi connectivity index (χ0n) is 12.4. The topological polar surface area (TPSA) is 70.6 Å². The predicted octanol–water partition coefficient (Wildman–Crippen LogP) is 0.811. The SMILES string of the molecule is CC1CCC(OCC(O)CNC2CCC(=O)NC2)CC1. The van der Waals surface area contributed by atoms with Gasteiger partial charge in [-0.05, 0) is 38.0 Å². The Morgan fingerprint density at radius 3 is 2.75 bits per heavy atom. The van der Waals surface area contributed by atoms with E-state index >= 15 is 0 Å². The number of aliphatic hydroxyl groups is 1. The molecule has 1 aliphatic heterocycles. The minimum Gasteiger partial charge on any atom is -0.389 e. The Morgan fingerprint density at radius 2 is 2.10 bits per heavy atom. The van der Waals surface area contributed by atoms with Crippen LogP contribution in [0.4, 0.5) is 0 Å². The Labute approximate surface area is 121 Å². The molecule has 116 valence electrons. The zero-order chi connectivity index (χ0) is 14.4. The van der Waals surface area contributed by atoms with Crippen molar-refractivity contribution in [1.29, 1.82) is 0 Å². The van der Waals surface area contributed by atoms with Crippen LogP contribution in [-0.2, 0) is 9.53 Å². The van der Waals surface area contributed by atoms with Crippen molar-refractivity contribution in [2.24, 2.45) is 5.92 Å². The van der Waals surface area contributed by atoms with E-state index in [9.17, 15) is 9.90 Å². The molecule has 20 heavy (non-hydrogen) atoms. The fourth-order valence-electron chi connectivity index (χ4n) is 2.91. The molecule has 3 N–H and O–H groups in total. The van der Waals surface area contributed by atoms with Gasteiger partial charge in [0.05, 0.1) is 18.8 Å². The third-order valence-electron chi connectivity index (χ3n) is 4.39. The van der Waals surface area contributed by atoms with Crippen molar-refractivity contribution in [3.63, 3.8) is 0 Å². The van der Waals surface area contributed by atoms with Crippen molar-refractivity contribution < 1.29 is 14.6 Å². The van der Waals surface area contributed by atoms with Gasteiger partial charge in [0.2, 0.25) is 5.91 Å². The molecule has 5 heteroatoms. The van der Waals surface area contributed by atoms with Gasteiger partial charge in [0.25, 0.3) is 0 Å². The minimum atomic E-state index is -0.466. The second-order valence-electron chi connectivity index (χ2n) is 6.32. The summed E-state index contributed by atoms with van der Waals surface area (Å²) in [5.41, 5.74) is 0. The fraction of sp³-hybridized carbons (Fsp3) is 0.933. The lowest BCUT2D eigenvalue weighted by Gasteiger charge is -2.28. The van der Waals surface area contributed by atoms with Crippen LogP contribution in [0.3, 0.4) is 0 Å². The summed E-state index contributed by atoms with van der Waals surface area (Å²) < 4.78 is 5.79. The van der Waals surface area contributed by atoms with E-state index in [1.54, 1.807) is 0 Å². The summed E-state index contributed by atoms with van der Waals surface area (Å²) in [4.78, 5) is 11.0. The molecule has 0 aromatic rings. The van der Waals surface area contributed by atoms with Gasteiger partial charge in [-0.25, -0.2) is 0 Å². The van der Waals surface area contributed by atoms with Crippen LogP contribution >= 0.6 is 0 Å². The van der Waals surface area contributed by atoms with Crippen molar-refractivity contribution in [2.75, 3.05) is 19.7 Å². The van der Waals surface area contributed by atoms with Crippen molar-refractivity contribution >= 4 is 5.91 Å². The molecule has 1 amide bonds. The maximum absolute atomic E-state index is 11.0. The van der Waals surface area contributed by atoms with Crippen LogP contribution in [0.2, 0.25) is 0 Å². The van der Waals surface area contributed by atoms with E-state index in [-0.39, 0.29) is 11.9 Å². The highest BCUT2D eigenvalue weighted by Crippen LogP contribution is 2.25. The van der Waals surface area contributed by atoms with Crippen LogP contribution in [0.5, 0.6) is 0 Å². The summed E-state index contributed by atoms with van der Waals surface area (Å²) in [5.74, 6) is 0.946. The molecule has 5 nitrogen and oxygen atoms in total. The van der Waals surface area contributed by atoms with E-state index in [1.165, 1.54) is 12.8 Å². The number of hydrogen-bond donors (Lipinski definition) is 3. The summed E-state index contributed by atoms with van der Waals surface area (Å²) >= 11 is 0. The van der Waals surface area contributed by atoms with Crippen molar-refractivity contribution in [3.8, 4) is 0 Å². The molecular formula is C15H28N2O3. The molecule has 0 aromatic heterocycles. The normalized spacial score (nSPS) is 32.7. The van der Waals surface area contributed by atoms with Gasteiger partial charge in [-0.1, -0.05) is 6.92 Å². The molecule has 0 aromatic carbocycles. The van der Waals surface area contributed by atoms with Crippen molar-refractivity contribution in [3.05, 3.63) is 0 Å². The lowest BCUT2D eigenvalue weighted by molar-refractivity contribution is -0.122. The van der Waals surface area contributed by atoms with Gasteiger partial charge in [0, 0.05) is 25.6 Å². The van der Waals surface area contributed by atoms with E-state index in [4.69, 9.17) is 4.74 Å². The third kappa shape index (κ3) is 5.38. The first kappa shape index (κ1) is 15.7. The molecule has 2 atom stereocenters. The van der Waals surface area contributed by atoms with Gasteiger partial charge in [0.15, 0.2) is 0 Å². The molecule has 2 aliphatic rings. The molecule has 2 fully saturated rings. The monoisotopic (exact) mass is 284 g/mol. The minimum absolute atomic E-state index is 0.124. The predicted molar refractivity (Wildman–Crippen MR) is 77.4 cm³/mol. The summed E-state index contributed by atoms with van der Waals surface area (Å²) in [6, 6.07) is 0.276. The highest BCUT2D eigenvalue weighted by Gasteiger charge is 2.21. The molecule has 1 aliphatic carbocycles. The van der Waals surface area contributed by atoms with Crippen LogP contribution in [0, 0.1) is 5.92 Å². The lowest BCUT2D eigenvalue weighted by Crippen LogP contribution is -2.48. The van der Waals surface area contributed by atoms with Crippen LogP contribution in [0.15, 0.2) is 0 Å². The van der Waals surface area contributed by atoms with Crippen LogP contribution in [0.1, 0.15) is 45.4 Å². The second kappa shape index (κ2) is 7.96. The first-order chi connectivity index (χ1) is 9.63. The fourth-order valence-corrected chi connectivity index (χ4v) is 2.91. The van der Waals surface area contributed by atoms with Crippen LogP contribution in [-0.4, -0.2) is 49.0 Å². The van der Waals surface area contributed by atoms with Crippen LogP contribution < -0.4 is 10.6 Å². The maximum atomic E-state index is 11.0. The van der Waals surface area contributed by atoms with E-state index in [0.29, 0.717) is 32.2 Å².